The van der Waals surface area contributed by atoms with Crippen molar-refractivity contribution in [3.8, 4) is 5.75 Å². The number of piperazine rings is 1. The van der Waals surface area contributed by atoms with Crippen molar-refractivity contribution in [1.29, 1.82) is 0 Å². The lowest BCUT2D eigenvalue weighted by molar-refractivity contribution is 0.103. The molecule has 170 valence electrons. The maximum Gasteiger partial charge on any atom is 0.266 e. The molecule has 7 heteroatoms. The highest BCUT2D eigenvalue weighted by Gasteiger charge is 2.31. The Bertz CT molecular complexity index is 1040. The molecule has 1 saturated heterocycles. The second-order valence-electron chi connectivity index (χ2n) is 8.20. The minimum Gasteiger partial charge on any atom is -0.494 e. The zero-order chi connectivity index (χ0) is 22.7. The topological polar surface area (TPSA) is 44.8 Å². The van der Waals surface area contributed by atoms with Gasteiger partial charge in [0.1, 0.15) is 10.8 Å². The van der Waals surface area contributed by atoms with E-state index in [4.69, 9.17) is 4.74 Å². The number of benzene rings is 1. The number of carbonyl (C=O) groups is 1. The molecule has 1 aliphatic rings. The number of likely N-dealkylation sites (N-methyl/N-ethyl adjacent to an activating group) is 1. The first kappa shape index (κ1) is 23.0. The van der Waals surface area contributed by atoms with E-state index in [0.717, 1.165) is 41.8 Å². The molecule has 0 unspecified atom stereocenters. The van der Waals surface area contributed by atoms with Crippen molar-refractivity contribution in [3.05, 3.63) is 68.2 Å². The van der Waals surface area contributed by atoms with E-state index in [9.17, 15) is 4.79 Å². The summed E-state index contributed by atoms with van der Waals surface area (Å²) in [5, 5.41) is 6.13. The third kappa shape index (κ3) is 4.91. The van der Waals surface area contributed by atoms with Crippen LogP contribution in [0.25, 0.3) is 0 Å². The summed E-state index contributed by atoms with van der Waals surface area (Å²) in [4.78, 5) is 19.8. The number of hydrogen-bond acceptors (Lipinski definition) is 6. The normalized spacial score (nSPS) is 16.1. The molecule has 1 amide bonds. The van der Waals surface area contributed by atoms with Crippen LogP contribution in [0.3, 0.4) is 0 Å². The first-order valence-corrected chi connectivity index (χ1v) is 12.8. The van der Waals surface area contributed by atoms with E-state index in [0.29, 0.717) is 6.61 Å². The molecule has 3 heterocycles. The van der Waals surface area contributed by atoms with Crippen molar-refractivity contribution >= 4 is 33.6 Å². The van der Waals surface area contributed by atoms with Crippen LogP contribution in [0.1, 0.15) is 44.2 Å². The minimum absolute atomic E-state index is 0.0358. The Morgan fingerprint density at radius 2 is 1.84 bits per heavy atom. The number of nitrogens with zero attached hydrogens (tertiary/aromatic N) is 2. The maximum absolute atomic E-state index is 12.9. The molecular weight excluding hydrogens is 438 g/mol. The van der Waals surface area contributed by atoms with Crippen LogP contribution in [0.5, 0.6) is 5.75 Å². The highest BCUT2D eigenvalue weighted by Crippen LogP contribution is 2.43. The second-order valence-corrected chi connectivity index (χ2v) is 10.4. The van der Waals surface area contributed by atoms with Gasteiger partial charge in [0.2, 0.25) is 0 Å². The Morgan fingerprint density at radius 1 is 1.12 bits per heavy atom. The summed E-state index contributed by atoms with van der Waals surface area (Å²) < 4.78 is 5.68. The zero-order valence-corrected chi connectivity index (χ0v) is 20.8. The third-order valence-electron chi connectivity index (χ3n) is 6.09. The van der Waals surface area contributed by atoms with Gasteiger partial charge in [-0.05, 0) is 62.5 Å². The molecule has 1 aliphatic heterocycles. The molecule has 1 N–H and O–H groups in total. The van der Waals surface area contributed by atoms with Crippen LogP contribution in [0.2, 0.25) is 0 Å². The number of aryl methyl sites for hydroxylation is 1. The molecule has 0 radical (unpaired) electrons. The molecule has 5 nitrogen and oxygen atoms in total. The van der Waals surface area contributed by atoms with E-state index in [1.807, 2.05) is 24.4 Å². The monoisotopic (exact) mass is 469 g/mol. The number of amides is 1. The summed E-state index contributed by atoms with van der Waals surface area (Å²) >= 11 is 3.15. The molecule has 1 atom stereocenters. The van der Waals surface area contributed by atoms with Gasteiger partial charge in [0.05, 0.1) is 17.5 Å². The number of hydrogen-bond donors (Lipinski definition) is 1. The molecular formula is C25H31N3O2S2. The fourth-order valence-electron chi connectivity index (χ4n) is 4.19. The van der Waals surface area contributed by atoms with Crippen molar-refractivity contribution in [3.63, 3.8) is 0 Å². The zero-order valence-electron chi connectivity index (χ0n) is 19.2. The summed E-state index contributed by atoms with van der Waals surface area (Å²) in [5.41, 5.74) is 3.70. The standard InChI is InChI=1S/C25H31N3O2S2/c1-5-30-20-10-8-19(9-11-20)23(28-14-12-27(4)13-15-28)22-17(2)18(3)32-25(22)26-24(29)21-7-6-16-31-21/h6-11,16,23H,5,12-15H2,1-4H3,(H,26,29)/t23-/m1/s1. The number of rotatable bonds is 7. The molecule has 0 bridgehead atoms. The Labute approximate surface area is 198 Å². The SMILES string of the molecule is CCOc1ccc([C@H](c2c(NC(=O)c3cccs3)sc(C)c2C)N2CCN(C)CC2)cc1. The highest BCUT2D eigenvalue weighted by atomic mass is 32.1. The van der Waals surface area contributed by atoms with Crippen molar-refractivity contribution in [2.45, 2.75) is 26.8 Å². The molecule has 2 aromatic heterocycles. The van der Waals surface area contributed by atoms with E-state index in [-0.39, 0.29) is 11.9 Å². The van der Waals surface area contributed by atoms with Gasteiger partial charge in [0.25, 0.3) is 5.91 Å². The van der Waals surface area contributed by atoms with E-state index >= 15 is 0 Å². The number of nitrogens with one attached hydrogen (secondary N) is 1. The van der Waals surface area contributed by atoms with Gasteiger partial charge in [-0.25, -0.2) is 0 Å². The summed E-state index contributed by atoms with van der Waals surface area (Å²) in [6, 6.07) is 12.3. The lowest BCUT2D eigenvalue weighted by Gasteiger charge is -2.39. The fourth-order valence-corrected chi connectivity index (χ4v) is 5.90. The lowest BCUT2D eigenvalue weighted by atomic mass is 9.94. The first-order chi connectivity index (χ1) is 15.5. The first-order valence-electron chi connectivity index (χ1n) is 11.1. The Balaban J connectivity index is 1.74. The van der Waals surface area contributed by atoms with Gasteiger partial charge >= 0.3 is 0 Å². The third-order valence-corrected chi connectivity index (χ3v) is 8.09. The second kappa shape index (κ2) is 10.2. The average Bonchev–Trinajstić information content (AvgIpc) is 3.41. The fraction of sp³-hybridized carbons (Fsp3) is 0.400. The largest absolute Gasteiger partial charge is 0.494 e. The Kier molecular flexibility index (Phi) is 7.30. The van der Waals surface area contributed by atoms with Crippen molar-refractivity contribution < 1.29 is 9.53 Å². The average molecular weight is 470 g/mol. The van der Waals surface area contributed by atoms with Crippen LogP contribution in [0, 0.1) is 13.8 Å². The van der Waals surface area contributed by atoms with Gasteiger partial charge in [-0.1, -0.05) is 18.2 Å². The van der Waals surface area contributed by atoms with E-state index in [1.54, 1.807) is 11.3 Å². The predicted octanol–water partition coefficient (Wildman–Crippen LogP) is 5.41. The van der Waals surface area contributed by atoms with Crippen LogP contribution in [0.15, 0.2) is 41.8 Å². The van der Waals surface area contributed by atoms with Gasteiger partial charge in [0, 0.05) is 36.6 Å². The quantitative estimate of drug-likeness (QED) is 0.502. The number of thiophene rings is 2. The highest BCUT2D eigenvalue weighted by molar-refractivity contribution is 7.17. The summed E-state index contributed by atoms with van der Waals surface area (Å²) in [5.74, 6) is 0.851. The number of anilines is 1. The Hall–Kier alpha value is -2.19. The van der Waals surface area contributed by atoms with Crippen molar-refractivity contribution in [1.82, 2.24) is 9.80 Å². The van der Waals surface area contributed by atoms with Crippen molar-refractivity contribution in [2.75, 3.05) is 45.2 Å². The summed E-state index contributed by atoms with van der Waals surface area (Å²) in [7, 11) is 2.18. The van der Waals surface area contributed by atoms with Gasteiger partial charge in [-0.15, -0.1) is 22.7 Å². The van der Waals surface area contributed by atoms with Crippen LogP contribution in [-0.4, -0.2) is 55.5 Å². The molecule has 0 aliphatic carbocycles. The molecule has 4 rings (SSSR count). The van der Waals surface area contributed by atoms with Gasteiger partial charge in [-0.2, -0.15) is 0 Å². The summed E-state index contributed by atoms with van der Waals surface area (Å²) in [6.45, 7) is 11.0. The molecule has 1 aromatic carbocycles. The van der Waals surface area contributed by atoms with Gasteiger partial charge in [-0.3, -0.25) is 9.69 Å². The van der Waals surface area contributed by atoms with Gasteiger partial charge in [0.15, 0.2) is 0 Å². The summed E-state index contributed by atoms with van der Waals surface area (Å²) in [6.07, 6.45) is 0. The molecule has 32 heavy (non-hydrogen) atoms. The Morgan fingerprint density at radius 3 is 2.47 bits per heavy atom. The van der Waals surface area contributed by atoms with Gasteiger partial charge < -0.3 is 15.0 Å². The molecule has 0 saturated carbocycles. The molecule has 3 aromatic rings. The van der Waals surface area contributed by atoms with E-state index < -0.39 is 0 Å². The smallest absolute Gasteiger partial charge is 0.266 e. The number of carbonyl (C=O) groups excluding carboxylic acids is 1. The molecule has 1 fully saturated rings. The molecule has 0 spiro atoms. The van der Waals surface area contributed by atoms with Crippen LogP contribution in [-0.2, 0) is 0 Å². The maximum atomic E-state index is 12.9. The number of ether oxygens (including phenoxy) is 1. The van der Waals surface area contributed by atoms with Crippen molar-refractivity contribution in [2.24, 2.45) is 0 Å². The van der Waals surface area contributed by atoms with E-state index in [1.165, 1.54) is 32.9 Å². The van der Waals surface area contributed by atoms with Crippen LogP contribution < -0.4 is 10.1 Å². The van der Waals surface area contributed by atoms with E-state index in [2.05, 4.69) is 60.3 Å². The lowest BCUT2D eigenvalue weighted by Crippen LogP contribution is -2.46. The predicted molar refractivity (Wildman–Crippen MR) is 135 cm³/mol. The minimum atomic E-state index is -0.0358. The van der Waals surface area contributed by atoms with Crippen LogP contribution >= 0.6 is 22.7 Å². The van der Waals surface area contributed by atoms with Crippen LogP contribution in [0.4, 0.5) is 5.00 Å².